The lowest BCUT2D eigenvalue weighted by molar-refractivity contribution is 0.668. The van der Waals surface area contributed by atoms with Crippen molar-refractivity contribution in [1.29, 1.82) is 0 Å². The van der Waals surface area contributed by atoms with Crippen molar-refractivity contribution >= 4 is 104 Å². The Morgan fingerprint density at radius 2 is 0.917 bits per heavy atom. The summed E-state index contributed by atoms with van der Waals surface area (Å²) in [5.74, 6) is 0. The van der Waals surface area contributed by atoms with Crippen LogP contribution in [-0.4, -0.2) is 4.57 Å². The Hall–Kier alpha value is -8.08. The van der Waals surface area contributed by atoms with Crippen molar-refractivity contribution in [2.75, 3.05) is 4.90 Å². The third-order valence-corrected chi connectivity index (χ3v) is 12.3. The van der Waals surface area contributed by atoms with Crippen LogP contribution in [0.5, 0.6) is 0 Å². The second-order valence-electron chi connectivity index (χ2n) is 15.6. The van der Waals surface area contributed by atoms with E-state index in [1.807, 2.05) is 12.1 Å². The summed E-state index contributed by atoms with van der Waals surface area (Å²) >= 11 is 0. The van der Waals surface area contributed by atoms with E-state index in [0.717, 1.165) is 77.7 Å². The number of hydrogen-bond donors (Lipinski definition) is 0. The minimum atomic E-state index is 0.864. The molecule has 0 fully saturated rings. The first-order chi connectivity index (χ1) is 29.8. The highest BCUT2D eigenvalue weighted by molar-refractivity contribution is 6.30. The van der Waals surface area contributed by atoms with Crippen molar-refractivity contribution in [2.45, 2.75) is 0 Å². The highest BCUT2D eigenvalue weighted by Crippen LogP contribution is 2.49. The van der Waals surface area contributed by atoms with Crippen LogP contribution in [0.4, 0.5) is 17.1 Å². The fourth-order valence-corrected chi connectivity index (χ4v) is 9.77. The molecule has 0 spiro atoms. The van der Waals surface area contributed by atoms with Crippen LogP contribution in [0, 0.1) is 0 Å². The predicted octanol–water partition coefficient (Wildman–Crippen LogP) is 16.0. The molecule has 0 saturated carbocycles. The highest BCUT2D eigenvalue weighted by atomic mass is 16.3. The van der Waals surface area contributed by atoms with Gasteiger partial charge in [-0.2, -0.15) is 0 Å². The number of rotatable bonds is 5. The van der Waals surface area contributed by atoms with Gasteiger partial charge in [-0.15, -0.1) is 0 Å². The minimum Gasteiger partial charge on any atom is -0.456 e. The maximum Gasteiger partial charge on any atom is 0.138 e. The Morgan fingerprint density at radius 1 is 0.333 bits per heavy atom. The lowest BCUT2D eigenvalue weighted by Crippen LogP contribution is -2.09. The van der Waals surface area contributed by atoms with E-state index < -0.39 is 0 Å². The topological polar surface area (TPSA) is 34.5 Å². The SMILES string of the molecule is c1ccc(N(c2ccc(-n3c4ccccc4c4c(-c5cc6ccccc6c6ccccc56)c5c(cc43)oc3ccccc35)cc2)c2ccc3c(c2)oc2ccccc23)cc1. The van der Waals surface area contributed by atoms with E-state index in [1.54, 1.807) is 0 Å². The summed E-state index contributed by atoms with van der Waals surface area (Å²) in [5, 5.41) is 11.8. The van der Waals surface area contributed by atoms with Crippen molar-refractivity contribution in [3.8, 4) is 16.8 Å². The van der Waals surface area contributed by atoms with Crippen molar-refractivity contribution in [3.05, 3.63) is 206 Å². The number of aromatic nitrogens is 1. The number of furan rings is 2. The molecule has 280 valence electrons. The summed E-state index contributed by atoms with van der Waals surface area (Å²) in [7, 11) is 0. The minimum absolute atomic E-state index is 0.864. The van der Waals surface area contributed by atoms with Gasteiger partial charge < -0.3 is 18.3 Å². The summed E-state index contributed by atoms with van der Waals surface area (Å²) in [4.78, 5) is 2.29. The van der Waals surface area contributed by atoms with Gasteiger partial charge in [0.2, 0.25) is 0 Å². The van der Waals surface area contributed by atoms with Crippen LogP contribution in [0.1, 0.15) is 0 Å². The zero-order valence-corrected chi connectivity index (χ0v) is 32.3. The third kappa shape index (κ3) is 4.79. The molecule has 60 heavy (non-hydrogen) atoms. The lowest BCUT2D eigenvalue weighted by atomic mass is 9.88. The molecule has 3 heterocycles. The summed E-state index contributed by atoms with van der Waals surface area (Å²) in [6, 6.07) is 73.7. The van der Waals surface area contributed by atoms with Crippen LogP contribution >= 0.6 is 0 Å². The van der Waals surface area contributed by atoms with Crippen LogP contribution in [0.25, 0.3) is 104 Å². The molecule has 0 aliphatic rings. The molecule has 13 rings (SSSR count). The number of fused-ring (bicyclic) bond motifs is 12. The third-order valence-electron chi connectivity index (χ3n) is 12.3. The molecule has 0 aliphatic carbocycles. The van der Waals surface area contributed by atoms with Crippen LogP contribution in [-0.2, 0) is 0 Å². The molecule has 0 aliphatic heterocycles. The van der Waals surface area contributed by atoms with Crippen LogP contribution in [0.15, 0.2) is 215 Å². The quantitative estimate of drug-likeness (QED) is 0.164. The van der Waals surface area contributed by atoms with Gasteiger partial charge in [-0.3, -0.25) is 0 Å². The van der Waals surface area contributed by atoms with Gasteiger partial charge in [0.25, 0.3) is 0 Å². The molecule has 0 saturated heterocycles. The van der Waals surface area contributed by atoms with E-state index in [9.17, 15) is 0 Å². The number of para-hydroxylation sites is 4. The van der Waals surface area contributed by atoms with Crippen molar-refractivity contribution in [3.63, 3.8) is 0 Å². The first kappa shape index (κ1) is 32.9. The Kier molecular flexibility index (Phi) is 6.98. The second kappa shape index (κ2) is 12.7. The Bertz CT molecular complexity index is 3830. The van der Waals surface area contributed by atoms with Gasteiger partial charge >= 0.3 is 0 Å². The van der Waals surface area contributed by atoms with Gasteiger partial charge in [0.1, 0.15) is 22.3 Å². The highest BCUT2D eigenvalue weighted by Gasteiger charge is 2.25. The van der Waals surface area contributed by atoms with E-state index in [4.69, 9.17) is 8.83 Å². The Morgan fingerprint density at radius 3 is 1.73 bits per heavy atom. The normalized spacial score (nSPS) is 12.0. The average molecular weight is 767 g/mol. The maximum absolute atomic E-state index is 6.78. The fraction of sp³-hybridized carbons (Fsp3) is 0. The molecule has 0 amide bonds. The molecular formula is C56H34N2O2. The largest absolute Gasteiger partial charge is 0.456 e. The molecule has 13 aromatic rings. The molecular weight excluding hydrogens is 733 g/mol. The summed E-state index contributed by atoms with van der Waals surface area (Å²) < 4.78 is 15.5. The Labute approximate surface area is 344 Å². The maximum atomic E-state index is 6.78. The molecule has 10 aromatic carbocycles. The standard InChI is InChI=1S/C56H34N2O2/c1-2-15-36(16-3-1)57(39-30-31-44-43-20-9-12-24-50(43)59-52(44)33-39)37-26-28-38(29-27-37)58-48-23-11-8-21-45(48)54-49(58)34-53-55(46-22-10-13-25-51(46)60-53)56(54)47-32-35-14-4-5-17-40(35)41-18-6-7-19-42(41)47/h1-34H. The smallest absolute Gasteiger partial charge is 0.138 e. The van der Waals surface area contributed by atoms with E-state index >= 15 is 0 Å². The number of hydrogen-bond acceptors (Lipinski definition) is 3. The first-order valence-electron chi connectivity index (χ1n) is 20.4. The van der Waals surface area contributed by atoms with E-state index in [-0.39, 0.29) is 0 Å². The van der Waals surface area contributed by atoms with Gasteiger partial charge in [-0.05, 0) is 99.9 Å². The molecule has 0 unspecified atom stereocenters. The fourth-order valence-electron chi connectivity index (χ4n) is 9.77. The summed E-state index contributed by atoms with van der Waals surface area (Å²) in [5.41, 5.74) is 12.3. The van der Waals surface area contributed by atoms with E-state index in [2.05, 4.69) is 204 Å². The molecule has 0 N–H and O–H groups in total. The van der Waals surface area contributed by atoms with Crippen LogP contribution in [0.2, 0.25) is 0 Å². The second-order valence-corrected chi connectivity index (χ2v) is 15.6. The Balaban J connectivity index is 1.06. The number of nitrogens with zero attached hydrogens (tertiary/aromatic N) is 2. The zero-order valence-electron chi connectivity index (χ0n) is 32.3. The van der Waals surface area contributed by atoms with Gasteiger partial charge in [-0.1, -0.05) is 121 Å². The molecule has 3 aromatic heterocycles. The predicted molar refractivity (Wildman–Crippen MR) is 250 cm³/mol. The van der Waals surface area contributed by atoms with E-state index in [1.165, 1.54) is 43.4 Å². The number of benzene rings is 10. The van der Waals surface area contributed by atoms with Crippen molar-refractivity contribution in [2.24, 2.45) is 0 Å². The summed E-state index contributed by atoms with van der Waals surface area (Å²) in [6.07, 6.45) is 0. The van der Waals surface area contributed by atoms with Gasteiger partial charge in [-0.25, -0.2) is 0 Å². The van der Waals surface area contributed by atoms with E-state index in [0.29, 0.717) is 0 Å². The number of anilines is 3. The van der Waals surface area contributed by atoms with Gasteiger partial charge in [0.15, 0.2) is 0 Å². The lowest BCUT2D eigenvalue weighted by Gasteiger charge is -2.25. The molecule has 4 nitrogen and oxygen atoms in total. The monoisotopic (exact) mass is 766 g/mol. The molecule has 4 heteroatoms. The molecule has 0 bridgehead atoms. The average Bonchev–Trinajstić information content (AvgIpc) is 3.98. The first-order valence-corrected chi connectivity index (χ1v) is 20.4. The van der Waals surface area contributed by atoms with Crippen molar-refractivity contribution < 1.29 is 8.83 Å². The molecule has 0 atom stereocenters. The zero-order chi connectivity index (χ0) is 39.3. The summed E-state index contributed by atoms with van der Waals surface area (Å²) in [6.45, 7) is 0. The van der Waals surface area contributed by atoms with Gasteiger partial charge in [0, 0.05) is 72.8 Å². The molecule has 0 radical (unpaired) electrons. The van der Waals surface area contributed by atoms with Crippen LogP contribution in [0.3, 0.4) is 0 Å². The van der Waals surface area contributed by atoms with Crippen molar-refractivity contribution in [1.82, 2.24) is 4.57 Å². The van der Waals surface area contributed by atoms with Gasteiger partial charge in [0.05, 0.1) is 11.0 Å². The van der Waals surface area contributed by atoms with Crippen LogP contribution < -0.4 is 4.90 Å².